The lowest BCUT2D eigenvalue weighted by Gasteiger charge is -2.18. The maximum Gasteiger partial charge on any atom is 0.319 e. The van der Waals surface area contributed by atoms with Crippen LogP contribution in [0.1, 0.15) is 26.3 Å². The van der Waals surface area contributed by atoms with Crippen molar-refractivity contribution in [1.29, 1.82) is 0 Å². The zero-order valence-electron chi connectivity index (χ0n) is 9.47. The summed E-state index contributed by atoms with van der Waals surface area (Å²) in [6.07, 6.45) is 0. The zero-order valence-corrected chi connectivity index (χ0v) is 10.3. The molecule has 5 heteroatoms. The van der Waals surface area contributed by atoms with Crippen LogP contribution in [0.2, 0.25) is 0 Å². The van der Waals surface area contributed by atoms with E-state index in [0.717, 1.165) is 17.3 Å². The second-order valence-corrected chi connectivity index (χ2v) is 5.20. The highest BCUT2D eigenvalue weighted by Gasteiger charge is 2.13. The van der Waals surface area contributed by atoms with Gasteiger partial charge in [-0.2, -0.15) is 0 Å². The van der Waals surface area contributed by atoms with Crippen LogP contribution in [0, 0.1) is 0 Å². The summed E-state index contributed by atoms with van der Waals surface area (Å²) in [6.45, 7) is 6.53. The van der Waals surface area contributed by atoms with Crippen LogP contribution in [0.15, 0.2) is 24.3 Å². The third-order valence-corrected chi connectivity index (χ3v) is 2.68. The van der Waals surface area contributed by atoms with Crippen molar-refractivity contribution in [3.63, 3.8) is 0 Å². The maximum atomic E-state index is 5.47. The first-order valence-corrected chi connectivity index (χ1v) is 5.76. The predicted molar refractivity (Wildman–Crippen MR) is 62.9 cm³/mol. The fourth-order valence-corrected chi connectivity index (χ4v) is 1.64. The van der Waals surface area contributed by atoms with Gasteiger partial charge in [-0.3, -0.25) is 0 Å². The number of hydrogen-bond donors (Lipinski definition) is 0. The van der Waals surface area contributed by atoms with E-state index in [0.29, 0.717) is 5.19 Å². The van der Waals surface area contributed by atoms with Crippen molar-refractivity contribution < 1.29 is 4.74 Å². The van der Waals surface area contributed by atoms with E-state index in [1.54, 1.807) is 0 Å². The monoisotopic (exact) mass is 235 g/mol. The molecule has 0 spiro atoms. The lowest BCUT2D eigenvalue weighted by Crippen LogP contribution is -2.10. The van der Waals surface area contributed by atoms with E-state index in [2.05, 4.69) is 47.7 Å². The third-order valence-electron chi connectivity index (χ3n) is 2.21. The minimum Gasteiger partial charge on any atom is -0.429 e. The van der Waals surface area contributed by atoms with Gasteiger partial charge in [0.15, 0.2) is 0 Å². The zero-order chi connectivity index (χ0) is 11.6. The highest BCUT2D eigenvalue weighted by atomic mass is 32.1. The van der Waals surface area contributed by atoms with Gasteiger partial charge in [-0.15, -0.1) is 0 Å². The first kappa shape index (κ1) is 11.0. The Bertz CT molecular complexity index is 445. The molecule has 4 nitrogen and oxygen atoms in total. The standard InChI is InChI=1S/C11H13N3OS/c1-11(2,3)8-4-6-9(7-5-8)15-10-12-13-14-16-10/h4-7H,1-3H3. The third kappa shape index (κ3) is 2.55. The number of benzene rings is 1. The quantitative estimate of drug-likeness (QED) is 0.802. The maximum absolute atomic E-state index is 5.47. The summed E-state index contributed by atoms with van der Waals surface area (Å²) in [4.78, 5) is 0. The van der Waals surface area contributed by atoms with Crippen LogP contribution in [0.3, 0.4) is 0 Å². The highest BCUT2D eigenvalue weighted by molar-refractivity contribution is 7.07. The molecule has 0 unspecified atom stereocenters. The van der Waals surface area contributed by atoms with Crippen molar-refractivity contribution in [1.82, 2.24) is 14.8 Å². The minimum absolute atomic E-state index is 0.156. The Labute approximate surface area is 98.4 Å². The van der Waals surface area contributed by atoms with E-state index >= 15 is 0 Å². The Morgan fingerprint density at radius 2 is 1.81 bits per heavy atom. The Kier molecular flexibility index (Phi) is 2.87. The van der Waals surface area contributed by atoms with Gasteiger partial charge in [0.2, 0.25) is 0 Å². The molecule has 0 saturated carbocycles. The van der Waals surface area contributed by atoms with Gasteiger partial charge in [0, 0.05) is 11.5 Å². The molecule has 84 valence electrons. The van der Waals surface area contributed by atoms with Crippen molar-refractivity contribution in [2.45, 2.75) is 26.2 Å². The molecule has 0 bridgehead atoms. The van der Waals surface area contributed by atoms with E-state index in [1.165, 1.54) is 5.56 Å². The van der Waals surface area contributed by atoms with E-state index in [1.807, 2.05) is 12.1 Å². The Balaban J connectivity index is 2.14. The van der Waals surface area contributed by atoms with Crippen LogP contribution in [0.25, 0.3) is 0 Å². The molecule has 0 fully saturated rings. The molecular formula is C11H13N3OS. The van der Waals surface area contributed by atoms with Gasteiger partial charge in [0.05, 0.1) is 0 Å². The fraction of sp³-hybridized carbons (Fsp3) is 0.364. The molecule has 0 aliphatic carbocycles. The molecule has 0 aliphatic heterocycles. The number of hydrogen-bond acceptors (Lipinski definition) is 5. The number of nitrogens with zero attached hydrogens (tertiary/aromatic N) is 3. The summed E-state index contributed by atoms with van der Waals surface area (Å²) in [6, 6.07) is 7.98. The molecule has 1 heterocycles. The normalized spacial score (nSPS) is 11.4. The van der Waals surface area contributed by atoms with Gasteiger partial charge < -0.3 is 4.74 Å². The Morgan fingerprint density at radius 3 is 2.31 bits per heavy atom. The molecular weight excluding hydrogens is 222 g/mol. The van der Waals surface area contributed by atoms with Crippen LogP contribution >= 0.6 is 11.5 Å². The topological polar surface area (TPSA) is 47.9 Å². The second kappa shape index (κ2) is 4.17. The molecule has 2 rings (SSSR count). The number of aromatic nitrogens is 3. The van der Waals surface area contributed by atoms with Crippen LogP contribution in [0.5, 0.6) is 10.9 Å². The van der Waals surface area contributed by atoms with Gasteiger partial charge >= 0.3 is 5.19 Å². The summed E-state index contributed by atoms with van der Waals surface area (Å²) in [5, 5.41) is 7.65. The molecule has 0 amide bonds. The molecule has 0 radical (unpaired) electrons. The van der Waals surface area contributed by atoms with Crippen molar-refractivity contribution in [3.05, 3.63) is 29.8 Å². The average Bonchev–Trinajstić information content (AvgIpc) is 2.70. The van der Waals surface area contributed by atoms with Crippen LogP contribution in [0.4, 0.5) is 0 Å². The van der Waals surface area contributed by atoms with Gasteiger partial charge in [0.1, 0.15) is 5.75 Å². The smallest absolute Gasteiger partial charge is 0.319 e. The molecule has 0 N–H and O–H groups in total. The van der Waals surface area contributed by atoms with E-state index in [9.17, 15) is 0 Å². The van der Waals surface area contributed by atoms with Crippen LogP contribution in [-0.4, -0.2) is 14.8 Å². The minimum atomic E-state index is 0.156. The SMILES string of the molecule is CC(C)(C)c1ccc(Oc2nnns2)cc1. The van der Waals surface area contributed by atoms with Gasteiger partial charge in [0.25, 0.3) is 0 Å². The molecule has 16 heavy (non-hydrogen) atoms. The first-order valence-electron chi connectivity index (χ1n) is 4.99. The van der Waals surface area contributed by atoms with Crippen molar-refractivity contribution >= 4 is 11.5 Å². The summed E-state index contributed by atoms with van der Waals surface area (Å²) >= 11 is 1.13. The lowest BCUT2D eigenvalue weighted by molar-refractivity contribution is 0.471. The Morgan fingerprint density at radius 1 is 1.12 bits per heavy atom. The predicted octanol–water partition coefficient (Wildman–Crippen LogP) is 3.02. The molecule has 1 aromatic carbocycles. The summed E-state index contributed by atoms with van der Waals surface area (Å²) < 4.78 is 9.10. The molecule has 0 saturated heterocycles. The largest absolute Gasteiger partial charge is 0.429 e. The van der Waals surface area contributed by atoms with Crippen molar-refractivity contribution in [2.75, 3.05) is 0 Å². The number of rotatable bonds is 2. The average molecular weight is 235 g/mol. The summed E-state index contributed by atoms with van der Waals surface area (Å²) in [5.41, 5.74) is 1.43. The van der Waals surface area contributed by atoms with Crippen LogP contribution in [-0.2, 0) is 5.41 Å². The fourth-order valence-electron chi connectivity index (χ4n) is 1.29. The van der Waals surface area contributed by atoms with Gasteiger partial charge in [-0.1, -0.05) is 42.5 Å². The summed E-state index contributed by atoms with van der Waals surface area (Å²) in [7, 11) is 0. The van der Waals surface area contributed by atoms with Gasteiger partial charge in [-0.05, 0) is 28.3 Å². The molecule has 2 aromatic rings. The van der Waals surface area contributed by atoms with E-state index in [4.69, 9.17) is 4.74 Å². The van der Waals surface area contributed by atoms with Crippen molar-refractivity contribution in [3.8, 4) is 10.9 Å². The highest BCUT2D eigenvalue weighted by Crippen LogP contribution is 2.26. The lowest BCUT2D eigenvalue weighted by atomic mass is 9.87. The van der Waals surface area contributed by atoms with Crippen LogP contribution < -0.4 is 4.74 Å². The van der Waals surface area contributed by atoms with E-state index < -0.39 is 0 Å². The summed E-state index contributed by atoms with van der Waals surface area (Å²) in [5.74, 6) is 0.756. The Hall–Kier alpha value is -1.49. The molecule has 0 aliphatic rings. The van der Waals surface area contributed by atoms with E-state index in [-0.39, 0.29) is 5.41 Å². The van der Waals surface area contributed by atoms with Crippen molar-refractivity contribution in [2.24, 2.45) is 0 Å². The molecule has 0 atom stereocenters. The van der Waals surface area contributed by atoms with Gasteiger partial charge in [-0.25, -0.2) is 0 Å². The molecule has 1 aromatic heterocycles. The second-order valence-electron chi connectivity index (χ2n) is 4.50. The number of ether oxygens (including phenoxy) is 1. The first-order chi connectivity index (χ1) is 7.55.